The van der Waals surface area contributed by atoms with Gasteiger partial charge in [-0.2, -0.15) is 4.98 Å². The van der Waals surface area contributed by atoms with Gasteiger partial charge in [-0.15, -0.1) is 11.3 Å². The Morgan fingerprint density at radius 3 is 2.79 bits per heavy atom. The fourth-order valence-corrected chi connectivity index (χ4v) is 4.03. The van der Waals surface area contributed by atoms with Gasteiger partial charge in [0.2, 0.25) is 5.89 Å². The summed E-state index contributed by atoms with van der Waals surface area (Å²) >= 11 is 1.55. The fourth-order valence-electron chi connectivity index (χ4n) is 2.98. The third-order valence-electron chi connectivity index (χ3n) is 4.82. The van der Waals surface area contributed by atoms with Crippen molar-refractivity contribution in [1.82, 2.24) is 20.1 Å². The van der Waals surface area contributed by atoms with Crippen LogP contribution in [0.5, 0.6) is 0 Å². The minimum atomic E-state index is -0.417. The summed E-state index contributed by atoms with van der Waals surface area (Å²) in [7, 11) is 0. The first-order valence-electron chi connectivity index (χ1n) is 8.07. The van der Waals surface area contributed by atoms with Gasteiger partial charge in [0.05, 0.1) is 10.9 Å². The molecule has 3 aromatic rings. The van der Waals surface area contributed by atoms with Gasteiger partial charge in [-0.25, -0.2) is 4.98 Å². The molecule has 3 aromatic heterocycles. The number of hydrogen-bond donors (Lipinski definition) is 2. The molecule has 0 bridgehead atoms. The van der Waals surface area contributed by atoms with Crippen LogP contribution < -0.4 is 11.3 Å². The molecule has 0 aliphatic heterocycles. The lowest BCUT2D eigenvalue weighted by Crippen LogP contribution is -2.44. The largest absolute Gasteiger partial charge is 0.339 e. The molecule has 0 unspecified atom stereocenters. The van der Waals surface area contributed by atoms with Crippen LogP contribution in [-0.2, 0) is 18.4 Å². The molecule has 0 atom stereocenters. The van der Waals surface area contributed by atoms with Gasteiger partial charge in [0.15, 0.2) is 5.82 Å². The van der Waals surface area contributed by atoms with E-state index in [0.29, 0.717) is 35.8 Å². The van der Waals surface area contributed by atoms with Crippen molar-refractivity contribution >= 4 is 21.6 Å². The van der Waals surface area contributed by atoms with E-state index in [2.05, 4.69) is 20.1 Å². The van der Waals surface area contributed by atoms with Crippen LogP contribution in [0, 0.1) is 13.8 Å². The van der Waals surface area contributed by atoms with Gasteiger partial charge >= 0.3 is 0 Å². The first-order valence-corrected chi connectivity index (χ1v) is 8.89. The molecule has 4 rings (SSSR count). The second-order valence-corrected chi connectivity index (χ2v) is 7.70. The number of fused-ring (bicyclic) bond motifs is 1. The van der Waals surface area contributed by atoms with Gasteiger partial charge in [-0.3, -0.25) is 4.79 Å². The number of aromatic amines is 1. The number of nitrogens with zero attached hydrogens (tertiary/aromatic N) is 3. The topological polar surface area (TPSA) is 111 Å². The van der Waals surface area contributed by atoms with Crippen molar-refractivity contribution in [3.8, 4) is 0 Å². The predicted molar refractivity (Wildman–Crippen MR) is 91.1 cm³/mol. The van der Waals surface area contributed by atoms with Crippen LogP contribution >= 0.6 is 11.3 Å². The molecule has 3 heterocycles. The van der Waals surface area contributed by atoms with Crippen molar-refractivity contribution in [1.29, 1.82) is 0 Å². The monoisotopic (exact) mass is 345 g/mol. The molecule has 0 spiro atoms. The number of hydrogen-bond acceptors (Lipinski definition) is 7. The Kier molecular flexibility index (Phi) is 3.54. The van der Waals surface area contributed by atoms with Crippen LogP contribution in [0.4, 0.5) is 0 Å². The van der Waals surface area contributed by atoms with Gasteiger partial charge in [-0.1, -0.05) is 5.16 Å². The van der Waals surface area contributed by atoms with Crippen LogP contribution in [0.15, 0.2) is 9.32 Å². The third-order valence-corrected chi connectivity index (χ3v) is 5.92. The van der Waals surface area contributed by atoms with Crippen molar-refractivity contribution < 1.29 is 4.52 Å². The first-order chi connectivity index (χ1) is 11.5. The lowest BCUT2D eigenvalue weighted by Gasteiger charge is -2.34. The Morgan fingerprint density at radius 1 is 1.29 bits per heavy atom. The molecule has 24 heavy (non-hydrogen) atoms. The molecular weight excluding hydrogens is 326 g/mol. The SMILES string of the molecule is Cc1sc2nc(CCc3nc(C4(N)CCC4)no3)[nH]c(=O)c2c1C. The number of nitrogens with one attached hydrogen (secondary N) is 1. The van der Waals surface area contributed by atoms with E-state index >= 15 is 0 Å². The number of aromatic nitrogens is 4. The highest BCUT2D eigenvalue weighted by atomic mass is 32.1. The maximum Gasteiger partial charge on any atom is 0.259 e. The second kappa shape index (κ2) is 5.49. The Hall–Kier alpha value is -2.06. The van der Waals surface area contributed by atoms with E-state index < -0.39 is 5.54 Å². The summed E-state index contributed by atoms with van der Waals surface area (Å²) < 4.78 is 5.29. The number of rotatable bonds is 4. The highest BCUT2D eigenvalue weighted by Gasteiger charge is 2.38. The number of H-pyrrole nitrogens is 1. The molecule has 7 nitrogen and oxygen atoms in total. The van der Waals surface area contributed by atoms with Crippen molar-refractivity contribution in [2.45, 2.75) is 51.5 Å². The lowest BCUT2D eigenvalue weighted by atomic mass is 9.77. The summed E-state index contributed by atoms with van der Waals surface area (Å²) in [5.41, 5.74) is 6.70. The van der Waals surface area contributed by atoms with Crippen molar-refractivity contribution in [3.05, 3.63) is 38.3 Å². The summed E-state index contributed by atoms with van der Waals surface area (Å²) in [6.07, 6.45) is 3.97. The summed E-state index contributed by atoms with van der Waals surface area (Å²) in [5, 5.41) is 4.69. The molecule has 8 heteroatoms. The molecule has 126 valence electrons. The third kappa shape index (κ3) is 2.46. The van der Waals surface area contributed by atoms with Crippen LogP contribution in [0.3, 0.4) is 0 Å². The average molecular weight is 345 g/mol. The Bertz CT molecular complexity index is 967. The Labute approximate surface area is 142 Å². The quantitative estimate of drug-likeness (QED) is 0.749. The highest BCUT2D eigenvalue weighted by molar-refractivity contribution is 7.18. The Balaban J connectivity index is 1.54. The van der Waals surface area contributed by atoms with Gasteiger partial charge in [-0.05, 0) is 38.7 Å². The fraction of sp³-hybridized carbons (Fsp3) is 0.500. The van der Waals surface area contributed by atoms with Gasteiger partial charge in [0, 0.05) is 17.7 Å². The van der Waals surface area contributed by atoms with Crippen molar-refractivity contribution in [2.75, 3.05) is 0 Å². The molecule has 0 aromatic carbocycles. The molecule has 0 amide bonds. The molecule has 3 N–H and O–H groups in total. The molecule has 1 saturated carbocycles. The van der Waals surface area contributed by atoms with E-state index in [-0.39, 0.29) is 5.56 Å². The standard InChI is InChI=1S/C16H19N5O2S/c1-8-9(2)24-14-12(8)13(22)18-10(19-14)4-5-11-20-15(21-23-11)16(17)6-3-7-16/h3-7,17H2,1-2H3,(H,18,19,22). The smallest absolute Gasteiger partial charge is 0.259 e. The molecular formula is C16H19N5O2S. The van der Waals surface area contributed by atoms with E-state index in [1.807, 2.05) is 13.8 Å². The zero-order valence-electron chi connectivity index (χ0n) is 13.7. The first kappa shape index (κ1) is 15.5. The number of nitrogens with two attached hydrogens (primary N) is 1. The van der Waals surface area contributed by atoms with Crippen molar-refractivity contribution in [2.24, 2.45) is 5.73 Å². The molecule has 1 fully saturated rings. The normalized spacial score (nSPS) is 16.5. The van der Waals surface area contributed by atoms with E-state index in [9.17, 15) is 4.79 Å². The van der Waals surface area contributed by atoms with Gasteiger partial charge < -0.3 is 15.2 Å². The zero-order valence-corrected chi connectivity index (χ0v) is 14.5. The molecule has 1 aliphatic rings. The van der Waals surface area contributed by atoms with Crippen LogP contribution in [0.1, 0.15) is 47.2 Å². The second-order valence-electron chi connectivity index (χ2n) is 6.50. The van der Waals surface area contributed by atoms with Crippen molar-refractivity contribution in [3.63, 3.8) is 0 Å². The lowest BCUT2D eigenvalue weighted by molar-refractivity contribution is 0.229. The summed E-state index contributed by atoms with van der Waals surface area (Å²) in [6, 6.07) is 0. The van der Waals surface area contributed by atoms with Gasteiger partial charge in [0.1, 0.15) is 10.7 Å². The summed E-state index contributed by atoms with van der Waals surface area (Å²) in [4.78, 5) is 26.0. The minimum absolute atomic E-state index is 0.0848. The number of thiophene rings is 1. The Morgan fingerprint density at radius 2 is 2.08 bits per heavy atom. The zero-order chi connectivity index (χ0) is 16.9. The molecule has 0 radical (unpaired) electrons. The van der Waals surface area contributed by atoms with Crippen LogP contribution in [0.2, 0.25) is 0 Å². The maximum atomic E-state index is 12.3. The highest BCUT2D eigenvalue weighted by Crippen LogP contribution is 2.36. The van der Waals surface area contributed by atoms with Gasteiger partial charge in [0.25, 0.3) is 5.56 Å². The van der Waals surface area contributed by atoms with E-state index in [1.54, 1.807) is 11.3 Å². The minimum Gasteiger partial charge on any atom is -0.339 e. The summed E-state index contributed by atoms with van der Waals surface area (Å²) in [5.74, 6) is 1.76. The van der Waals surface area contributed by atoms with E-state index in [0.717, 1.165) is 34.5 Å². The van der Waals surface area contributed by atoms with Crippen LogP contribution in [-0.4, -0.2) is 20.1 Å². The molecule has 0 saturated heterocycles. The van der Waals surface area contributed by atoms with E-state index in [4.69, 9.17) is 10.3 Å². The maximum absolute atomic E-state index is 12.3. The molecule has 1 aliphatic carbocycles. The predicted octanol–water partition coefficient (Wildman–Crippen LogP) is 2.11. The van der Waals surface area contributed by atoms with E-state index in [1.165, 1.54) is 0 Å². The average Bonchev–Trinajstić information content (AvgIpc) is 3.09. The summed E-state index contributed by atoms with van der Waals surface area (Å²) in [6.45, 7) is 3.96. The van der Waals surface area contributed by atoms with Crippen LogP contribution in [0.25, 0.3) is 10.2 Å². The number of aryl methyl sites for hydroxylation is 4.